The summed E-state index contributed by atoms with van der Waals surface area (Å²) >= 11 is 0. The van der Waals surface area contributed by atoms with Gasteiger partial charge in [0.1, 0.15) is 0 Å². The zero-order chi connectivity index (χ0) is 15.1. The highest BCUT2D eigenvalue weighted by atomic mass is 16.5. The number of methoxy groups -OCH3 is 1. The number of likely N-dealkylation sites (N-methyl/N-ethyl adjacent to an activating group) is 1. The van der Waals surface area contributed by atoms with Gasteiger partial charge in [-0.1, -0.05) is 26.7 Å². The van der Waals surface area contributed by atoms with E-state index in [-0.39, 0.29) is 5.91 Å². The van der Waals surface area contributed by atoms with Crippen LogP contribution in [0.25, 0.3) is 0 Å². The van der Waals surface area contributed by atoms with E-state index in [2.05, 4.69) is 19.2 Å². The fraction of sp³-hybridized carbons (Fsp3) is 0.933. The fourth-order valence-electron chi connectivity index (χ4n) is 2.95. The summed E-state index contributed by atoms with van der Waals surface area (Å²) in [5, 5.41) is 12.8. The van der Waals surface area contributed by atoms with E-state index < -0.39 is 6.10 Å². The fourth-order valence-corrected chi connectivity index (χ4v) is 2.95. The van der Waals surface area contributed by atoms with Gasteiger partial charge in [-0.2, -0.15) is 0 Å². The Balaban J connectivity index is 2.31. The molecule has 2 N–H and O–H groups in total. The number of aliphatic hydroxyl groups excluding tert-OH is 1. The normalized spacial score (nSPS) is 28.4. The minimum atomic E-state index is -0.550. The van der Waals surface area contributed by atoms with E-state index in [1.807, 2.05) is 11.9 Å². The maximum Gasteiger partial charge on any atom is 0.234 e. The lowest BCUT2D eigenvalue weighted by Crippen LogP contribution is -2.47. The molecule has 0 radical (unpaired) electrons. The van der Waals surface area contributed by atoms with Gasteiger partial charge >= 0.3 is 0 Å². The first-order valence-electron chi connectivity index (χ1n) is 7.59. The third-order valence-corrected chi connectivity index (χ3v) is 4.35. The summed E-state index contributed by atoms with van der Waals surface area (Å²) in [7, 11) is 3.40. The molecule has 1 aliphatic carbocycles. The quantitative estimate of drug-likeness (QED) is 0.729. The van der Waals surface area contributed by atoms with Gasteiger partial charge < -0.3 is 15.2 Å². The summed E-state index contributed by atoms with van der Waals surface area (Å²) < 4.78 is 4.88. The van der Waals surface area contributed by atoms with Crippen LogP contribution in [0.15, 0.2) is 0 Å². The first-order valence-corrected chi connectivity index (χ1v) is 7.59. The highest BCUT2D eigenvalue weighted by Crippen LogP contribution is 2.29. The Morgan fingerprint density at radius 2 is 2.15 bits per heavy atom. The summed E-state index contributed by atoms with van der Waals surface area (Å²) in [5.74, 6) is 1.26. The van der Waals surface area contributed by atoms with E-state index in [0.29, 0.717) is 37.6 Å². The molecular weight excluding hydrogens is 256 g/mol. The monoisotopic (exact) mass is 286 g/mol. The molecule has 4 atom stereocenters. The second-order valence-electron chi connectivity index (χ2n) is 6.25. The van der Waals surface area contributed by atoms with Crippen LogP contribution in [0.1, 0.15) is 33.1 Å². The Bertz CT molecular complexity index is 299. The predicted octanol–water partition coefficient (Wildman–Crippen LogP) is 0.866. The van der Waals surface area contributed by atoms with Crippen molar-refractivity contribution in [1.82, 2.24) is 10.2 Å². The van der Waals surface area contributed by atoms with Crippen molar-refractivity contribution in [2.45, 2.75) is 45.3 Å². The van der Waals surface area contributed by atoms with Gasteiger partial charge in [0.25, 0.3) is 0 Å². The van der Waals surface area contributed by atoms with Crippen molar-refractivity contribution >= 4 is 5.91 Å². The Morgan fingerprint density at radius 1 is 1.45 bits per heavy atom. The largest absolute Gasteiger partial charge is 0.389 e. The molecule has 0 saturated heterocycles. The molecule has 4 unspecified atom stereocenters. The number of hydrogen-bond acceptors (Lipinski definition) is 4. The summed E-state index contributed by atoms with van der Waals surface area (Å²) in [5.41, 5.74) is 0. The second-order valence-corrected chi connectivity index (χ2v) is 6.25. The standard InChI is InChI=1S/C15H30N2O3/c1-11-6-5-7-14(12(11)2)16-15(19)9-17(3)8-13(18)10-20-4/h11-14,18H,5-10H2,1-4H3,(H,16,19). The van der Waals surface area contributed by atoms with E-state index in [1.54, 1.807) is 7.11 Å². The van der Waals surface area contributed by atoms with Crippen LogP contribution in [0.4, 0.5) is 0 Å². The van der Waals surface area contributed by atoms with Gasteiger partial charge in [0.15, 0.2) is 0 Å². The van der Waals surface area contributed by atoms with Crippen LogP contribution in [0.3, 0.4) is 0 Å². The number of carbonyl (C=O) groups is 1. The van der Waals surface area contributed by atoms with Crippen LogP contribution in [-0.2, 0) is 9.53 Å². The minimum Gasteiger partial charge on any atom is -0.389 e. The van der Waals surface area contributed by atoms with Crippen LogP contribution in [0, 0.1) is 11.8 Å². The van der Waals surface area contributed by atoms with Gasteiger partial charge in [-0.15, -0.1) is 0 Å². The molecule has 0 aromatic carbocycles. The topological polar surface area (TPSA) is 61.8 Å². The van der Waals surface area contributed by atoms with Crippen molar-refractivity contribution < 1.29 is 14.6 Å². The molecule has 0 spiro atoms. The lowest BCUT2D eigenvalue weighted by molar-refractivity contribution is -0.123. The smallest absolute Gasteiger partial charge is 0.234 e. The average molecular weight is 286 g/mol. The Kier molecular flexibility index (Phi) is 7.48. The zero-order valence-electron chi connectivity index (χ0n) is 13.3. The molecule has 1 fully saturated rings. The minimum absolute atomic E-state index is 0.0445. The van der Waals surface area contributed by atoms with Gasteiger partial charge in [0.2, 0.25) is 5.91 Å². The molecule has 5 nitrogen and oxygen atoms in total. The third-order valence-electron chi connectivity index (χ3n) is 4.35. The molecule has 0 aromatic rings. The lowest BCUT2D eigenvalue weighted by atomic mass is 9.78. The van der Waals surface area contributed by atoms with Crippen molar-refractivity contribution in [2.24, 2.45) is 11.8 Å². The number of ether oxygens (including phenoxy) is 1. The van der Waals surface area contributed by atoms with E-state index in [4.69, 9.17) is 4.74 Å². The molecule has 0 aliphatic heterocycles. The predicted molar refractivity (Wildman–Crippen MR) is 79.5 cm³/mol. The number of carbonyl (C=O) groups excluding carboxylic acids is 1. The molecular formula is C15H30N2O3. The molecule has 0 heterocycles. The van der Waals surface area contributed by atoms with E-state index in [0.717, 1.165) is 6.42 Å². The first kappa shape index (κ1) is 17.4. The first-order chi connectivity index (χ1) is 9.43. The highest BCUT2D eigenvalue weighted by molar-refractivity contribution is 5.78. The Hall–Kier alpha value is -0.650. The summed E-state index contributed by atoms with van der Waals surface area (Å²) in [4.78, 5) is 13.9. The van der Waals surface area contributed by atoms with E-state index in [1.165, 1.54) is 12.8 Å². The third kappa shape index (κ3) is 5.77. The second kappa shape index (κ2) is 8.60. The maximum atomic E-state index is 12.0. The van der Waals surface area contributed by atoms with Crippen LogP contribution in [0.5, 0.6) is 0 Å². The lowest BCUT2D eigenvalue weighted by Gasteiger charge is -2.35. The maximum absolute atomic E-state index is 12.0. The number of aliphatic hydroxyl groups is 1. The van der Waals surface area contributed by atoms with Crippen LogP contribution < -0.4 is 5.32 Å². The average Bonchev–Trinajstić information content (AvgIpc) is 2.34. The van der Waals surface area contributed by atoms with Gasteiger partial charge in [-0.05, 0) is 25.3 Å². The number of amides is 1. The van der Waals surface area contributed by atoms with Crippen LogP contribution in [0.2, 0.25) is 0 Å². The van der Waals surface area contributed by atoms with Gasteiger partial charge in [-0.25, -0.2) is 0 Å². The highest BCUT2D eigenvalue weighted by Gasteiger charge is 2.28. The van der Waals surface area contributed by atoms with Crippen molar-refractivity contribution in [2.75, 3.05) is 33.9 Å². The molecule has 1 aliphatic rings. The van der Waals surface area contributed by atoms with Crippen molar-refractivity contribution in [3.8, 4) is 0 Å². The number of hydrogen-bond donors (Lipinski definition) is 2. The zero-order valence-corrected chi connectivity index (χ0v) is 13.3. The number of rotatable bonds is 7. The molecule has 1 rings (SSSR count). The van der Waals surface area contributed by atoms with Crippen LogP contribution in [-0.4, -0.2) is 61.9 Å². The molecule has 5 heteroatoms. The van der Waals surface area contributed by atoms with Crippen LogP contribution >= 0.6 is 0 Å². The number of nitrogens with zero attached hydrogens (tertiary/aromatic N) is 1. The molecule has 1 amide bonds. The molecule has 0 bridgehead atoms. The molecule has 0 aromatic heterocycles. The van der Waals surface area contributed by atoms with Gasteiger partial charge in [0, 0.05) is 19.7 Å². The van der Waals surface area contributed by atoms with Crippen molar-refractivity contribution in [3.05, 3.63) is 0 Å². The van der Waals surface area contributed by atoms with E-state index in [9.17, 15) is 9.90 Å². The Labute approximate surface area is 122 Å². The SMILES string of the molecule is COCC(O)CN(C)CC(=O)NC1CCCC(C)C1C. The molecule has 118 valence electrons. The summed E-state index contributed by atoms with van der Waals surface area (Å²) in [6.07, 6.45) is 2.98. The summed E-state index contributed by atoms with van der Waals surface area (Å²) in [6, 6.07) is 0.295. The molecule has 1 saturated carbocycles. The van der Waals surface area contributed by atoms with Crippen molar-refractivity contribution in [1.29, 1.82) is 0 Å². The Morgan fingerprint density at radius 3 is 2.80 bits per heavy atom. The van der Waals surface area contributed by atoms with Crippen molar-refractivity contribution in [3.63, 3.8) is 0 Å². The number of nitrogens with one attached hydrogen (secondary N) is 1. The molecule has 20 heavy (non-hydrogen) atoms. The summed E-state index contributed by atoms with van der Waals surface area (Å²) in [6.45, 7) is 5.54. The van der Waals surface area contributed by atoms with E-state index >= 15 is 0 Å². The van der Waals surface area contributed by atoms with Gasteiger partial charge in [-0.3, -0.25) is 9.69 Å². The van der Waals surface area contributed by atoms with Gasteiger partial charge in [0.05, 0.1) is 19.3 Å².